The van der Waals surface area contributed by atoms with Gasteiger partial charge in [0.15, 0.2) is 0 Å². The highest BCUT2D eigenvalue weighted by atomic mass is 16.5. The Morgan fingerprint density at radius 1 is 1.24 bits per heavy atom. The molecule has 3 nitrogen and oxygen atoms in total. The fraction of sp³-hybridized carbons (Fsp3) is 0.357. The first-order valence-electron chi connectivity index (χ1n) is 5.86. The van der Waals surface area contributed by atoms with Crippen LogP contribution in [0.2, 0.25) is 0 Å². The van der Waals surface area contributed by atoms with Crippen LogP contribution in [0.15, 0.2) is 30.7 Å². The number of hydrogen-bond donors (Lipinski definition) is 0. The van der Waals surface area contributed by atoms with E-state index in [1.807, 2.05) is 19.4 Å². The smallest absolute Gasteiger partial charge is 0.119 e. The topological polar surface area (TPSA) is 27.1 Å². The molecule has 17 heavy (non-hydrogen) atoms. The first kappa shape index (κ1) is 11.7. The lowest BCUT2D eigenvalue weighted by atomic mass is 10.1. The van der Waals surface area contributed by atoms with Gasteiger partial charge in [0.1, 0.15) is 5.75 Å². The number of aryl methyl sites for hydroxylation is 2. The van der Waals surface area contributed by atoms with E-state index in [1.54, 1.807) is 7.11 Å². The molecule has 0 fully saturated rings. The van der Waals surface area contributed by atoms with Crippen LogP contribution in [-0.4, -0.2) is 16.7 Å². The lowest BCUT2D eigenvalue weighted by molar-refractivity contribution is 0.413. The summed E-state index contributed by atoms with van der Waals surface area (Å²) in [5.74, 6) is 0.927. The zero-order valence-electron chi connectivity index (χ0n) is 10.6. The molecule has 0 aliphatic carbocycles. The molecule has 3 heteroatoms. The Morgan fingerprint density at radius 3 is 2.59 bits per heavy atom. The number of aromatic nitrogens is 2. The second-order valence-electron chi connectivity index (χ2n) is 4.23. The van der Waals surface area contributed by atoms with Crippen LogP contribution in [0.1, 0.15) is 23.7 Å². The predicted octanol–water partition coefficient (Wildman–Crippen LogP) is 2.81. The second-order valence-corrected chi connectivity index (χ2v) is 4.23. The SMILES string of the molecule is CCc1cc(Cn2cnc(C)c2)cc(OC)c1. The van der Waals surface area contributed by atoms with Crippen LogP contribution in [0.4, 0.5) is 0 Å². The molecule has 0 bridgehead atoms. The van der Waals surface area contributed by atoms with E-state index < -0.39 is 0 Å². The molecule has 0 N–H and O–H groups in total. The lowest BCUT2D eigenvalue weighted by Gasteiger charge is -2.08. The van der Waals surface area contributed by atoms with Gasteiger partial charge >= 0.3 is 0 Å². The van der Waals surface area contributed by atoms with Crippen LogP contribution >= 0.6 is 0 Å². The summed E-state index contributed by atoms with van der Waals surface area (Å²) in [6.07, 6.45) is 4.93. The van der Waals surface area contributed by atoms with E-state index in [0.29, 0.717) is 0 Å². The zero-order valence-corrected chi connectivity index (χ0v) is 10.6. The zero-order chi connectivity index (χ0) is 12.3. The first-order valence-corrected chi connectivity index (χ1v) is 5.86. The highest BCUT2D eigenvalue weighted by Gasteiger charge is 2.02. The van der Waals surface area contributed by atoms with Crippen molar-refractivity contribution < 1.29 is 4.74 Å². The third-order valence-corrected chi connectivity index (χ3v) is 2.80. The monoisotopic (exact) mass is 230 g/mol. The average Bonchev–Trinajstić information content (AvgIpc) is 2.74. The Labute approximate surface area is 102 Å². The minimum atomic E-state index is 0.838. The summed E-state index contributed by atoms with van der Waals surface area (Å²) in [4.78, 5) is 4.23. The normalized spacial score (nSPS) is 10.5. The van der Waals surface area contributed by atoms with Crippen LogP contribution < -0.4 is 4.74 Å². The summed E-state index contributed by atoms with van der Waals surface area (Å²) >= 11 is 0. The molecule has 0 saturated heterocycles. The van der Waals surface area contributed by atoms with Gasteiger partial charge in [0.25, 0.3) is 0 Å². The maximum Gasteiger partial charge on any atom is 0.119 e. The standard InChI is InChI=1S/C14H18N2O/c1-4-12-5-13(7-14(6-12)17-3)9-16-8-11(2)15-10-16/h5-8,10H,4,9H2,1-3H3. The molecule has 90 valence electrons. The van der Waals surface area contributed by atoms with Crippen LogP contribution in [0.5, 0.6) is 5.75 Å². The third-order valence-electron chi connectivity index (χ3n) is 2.80. The molecule has 0 radical (unpaired) electrons. The Kier molecular flexibility index (Phi) is 3.47. The van der Waals surface area contributed by atoms with Crippen molar-refractivity contribution >= 4 is 0 Å². The number of hydrogen-bond acceptors (Lipinski definition) is 2. The molecule has 0 atom stereocenters. The molecule has 0 spiro atoms. The third kappa shape index (κ3) is 2.87. The number of ether oxygens (including phenoxy) is 1. The van der Waals surface area contributed by atoms with Crippen molar-refractivity contribution in [3.8, 4) is 5.75 Å². The second kappa shape index (κ2) is 5.04. The molecule has 1 heterocycles. The van der Waals surface area contributed by atoms with E-state index in [9.17, 15) is 0 Å². The van der Waals surface area contributed by atoms with E-state index >= 15 is 0 Å². The minimum absolute atomic E-state index is 0.838. The molecule has 2 aromatic rings. The molecule has 0 amide bonds. The number of benzene rings is 1. The van der Waals surface area contributed by atoms with Crippen LogP contribution in [0.3, 0.4) is 0 Å². The molecule has 0 aliphatic rings. The van der Waals surface area contributed by atoms with E-state index in [2.05, 4.69) is 34.7 Å². The Bertz CT molecular complexity index is 480. The molecule has 2 rings (SSSR count). The van der Waals surface area contributed by atoms with Gasteiger partial charge < -0.3 is 9.30 Å². The Hall–Kier alpha value is -1.77. The van der Waals surface area contributed by atoms with E-state index in [4.69, 9.17) is 4.74 Å². The molecule has 0 aliphatic heterocycles. The van der Waals surface area contributed by atoms with Gasteiger partial charge in [0, 0.05) is 12.7 Å². The van der Waals surface area contributed by atoms with Gasteiger partial charge in [-0.1, -0.05) is 13.0 Å². The highest BCUT2D eigenvalue weighted by molar-refractivity contribution is 5.34. The van der Waals surface area contributed by atoms with Crippen molar-refractivity contribution in [2.75, 3.05) is 7.11 Å². The summed E-state index contributed by atoms with van der Waals surface area (Å²) in [6, 6.07) is 6.38. The molecule has 1 aromatic heterocycles. The van der Waals surface area contributed by atoms with Gasteiger partial charge in [0.05, 0.1) is 19.1 Å². The number of methoxy groups -OCH3 is 1. The van der Waals surface area contributed by atoms with Gasteiger partial charge in [-0.25, -0.2) is 4.98 Å². The molecule has 0 saturated carbocycles. The van der Waals surface area contributed by atoms with Crippen molar-refractivity contribution in [3.63, 3.8) is 0 Å². The van der Waals surface area contributed by atoms with Gasteiger partial charge in [-0.2, -0.15) is 0 Å². The number of nitrogens with zero attached hydrogens (tertiary/aromatic N) is 2. The molecular formula is C14H18N2O. The van der Waals surface area contributed by atoms with E-state index in [1.165, 1.54) is 11.1 Å². The quantitative estimate of drug-likeness (QED) is 0.807. The largest absolute Gasteiger partial charge is 0.497 e. The number of rotatable bonds is 4. The molecule has 1 aromatic carbocycles. The molecular weight excluding hydrogens is 212 g/mol. The lowest BCUT2D eigenvalue weighted by Crippen LogP contribution is -1.98. The van der Waals surface area contributed by atoms with Gasteiger partial charge in [0.2, 0.25) is 0 Å². The number of imidazole rings is 1. The highest BCUT2D eigenvalue weighted by Crippen LogP contribution is 2.18. The van der Waals surface area contributed by atoms with E-state index in [0.717, 1.165) is 24.4 Å². The van der Waals surface area contributed by atoms with Gasteiger partial charge in [-0.3, -0.25) is 0 Å². The summed E-state index contributed by atoms with van der Waals surface area (Å²) in [5, 5.41) is 0. The Morgan fingerprint density at radius 2 is 2.00 bits per heavy atom. The van der Waals surface area contributed by atoms with Gasteiger partial charge in [-0.15, -0.1) is 0 Å². The van der Waals surface area contributed by atoms with Crippen molar-refractivity contribution in [1.82, 2.24) is 9.55 Å². The van der Waals surface area contributed by atoms with Crippen LogP contribution in [0.25, 0.3) is 0 Å². The first-order chi connectivity index (χ1) is 8.21. The summed E-state index contributed by atoms with van der Waals surface area (Å²) in [5.41, 5.74) is 3.60. The maximum atomic E-state index is 5.32. The predicted molar refractivity (Wildman–Crippen MR) is 68.4 cm³/mol. The van der Waals surface area contributed by atoms with Crippen molar-refractivity contribution in [2.45, 2.75) is 26.8 Å². The van der Waals surface area contributed by atoms with Crippen LogP contribution in [-0.2, 0) is 13.0 Å². The van der Waals surface area contributed by atoms with Crippen molar-refractivity contribution in [3.05, 3.63) is 47.5 Å². The van der Waals surface area contributed by atoms with Crippen molar-refractivity contribution in [1.29, 1.82) is 0 Å². The fourth-order valence-electron chi connectivity index (χ4n) is 1.91. The average molecular weight is 230 g/mol. The van der Waals surface area contributed by atoms with Gasteiger partial charge in [-0.05, 0) is 36.6 Å². The summed E-state index contributed by atoms with van der Waals surface area (Å²) in [7, 11) is 1.71. The maximum absolute atomic E-state index is 5.32. The van der Waals surface area contributed by atoms with E-state index in [-0.39, 0.29) is 0 Å². The fourth-order valence-corrected chi connectivity index (χ4v) is 1.91. The van der Waals surface area contributed by atoms with Crippen molar-refractivity contribution in [2.24, 2.45) is 0 Å². The van der Waals surface area contributed by atoms with Crippen LogP contribution in [0, 0.1) is 6.92 Å². The minimum Gasteiger partial charge on any atom is -0.497 e. The summed E-state index contributed by atoms with van der Waals surface area (Å²) < 4.78 is 7.40. The Balaban J connectivity index is 2.25. The molecule has 0 unspecified atom stereocenters. The summed E-state index contributed by atoms with van der Waals surface area (Å²) in [6.45, 7) is 4.99.